The first-order valence-corrected chi connectivity index (χ1v) is 9.65. The Hall–Kier alpha value is -4.52. The number of fused-ring (bicyclic) bond motifs is 1. The number of carbonyl (C=O) groups is 1. The third-order valence-corrected chi connectivity index (χ3v) is 4.73. The van der Waals surface area contributed by atoms with E-state index in [0.29, 0.717) is 0 Å². The van der Waals surface area contributed by atoms with Crippen LogP contribution in [-0.4, -0.2) is 32.7 Å². The highest BCUT2D eigenvalue weighted by atomic mass is 19.1. The van der Waals surface area contributed by atoms with E-state index in [1.54, 1.807) is 12.1 Å². The van der Waals surface area contributed by atoms with Crippen LogP contribution in [0.1, 0.15) is 33.0 Å². The molecule has 10 heteroatoms. The van der Waals surface area contributed by atoms with Gasteiger partial charge in [0.05, 0.1) is 7.11 Å². The highest BCUT2D eigenvalue weighted by Gasteiger charge is 2.22. The van der Waals surface area contributed by atoms with Crippen molar-refractivity contribution in [3.63, 3.8) is 0 Å². The predicted octanol–water partition coefficient (Wildman–Crippen LogP) is 3.06. The summed E-state index contributed by atoms with van der Waals surface area (Å²) < 4.78 is 40.5. The van der Waals surface area contributed by atoms with Crippen LogP contribution in [0.5, 0.6) is 5.75 Å². The van der Waals surface area contributed by atoms with Crippen LogP contribution in [0.4, 0.5) is 14.6 Å². The molecule has 0 saturated heterocycles. The van der Waals surface area contributed by atoms with Gasteiger partial charge in [0, 0.05) is 0 Å². The van der Waals surface area contributed by atoms with Gasteiger partial charge in [-0.3, -0.25) is 0 Å². The average molecular weight is 449 g/mol. The molecule has 0 spiro atoms. The number of benzene rings is 2. The summed E-state index contributed by atoms with van der Waals surface area (Å²) >= 11 is 0. The quantitative estimate of drug-likeness (QED) is 0.377. The molecular formula is C23H17F2N5O3. The molecule has 0 aliphatic heterocycles. The Morgan fingerprint density at radius 2 is 1.94 bits per heavy atom. The van der Waals surface area contributed by atoms with Gasteiger partial charge in [0.1, 0.15) is 35.5 Å². The number of esters is 1. The Labute approximate surface area is 187 Å². The van der Waals surface area contributed by atoms with Gasteiger partial charge in [-0.1, -0.05) is 36.3 Å². The Bertz CT molecular complexity index is 1430. The van der Waals surface area contributed by atoms with Crippen molar-refractivity contribution >= 4 is 17.3 Å². The molecule has 4 rings (SSSR count). The minimum Gasteiger partial charge on any atom is -0.494 e. The molecule has 2 aromatic carbocycles. The van der Waals surface area contributed by atoms with Crippen molar-refractivity contribution in [2.45, 2.75) is 13.5 Å². The number of halogens is 2. The number of rotatable bonds is 4. The van der Waals surface area contributed by atoms with Crippen LogP contribution in [0.15, 0.2) is 42.7 Å². The van der Waals surface area contributed by atoms with Gasteiger partial charge in [-0.05, 0) is 30.0 Å². The number of hydrogen-bond acceptors (Lipinski definition) is 7. The summed E-state index contributed by atoms with van der Waals surface area (Å²) in [6, 6.07) is 10.3. The third-order valence-electron chi connectivity index (χ3n) is 4.73. The molecule has 0 bridgehead atoms. The Balaban J connectivity index is 1.76. The summed E-state index contributed by atoms with van der Waals surface area (Å²) in [5, 5.41) is 4.00. The van der Waals surface area contributed by atoms with Crippen molar-refractivity contribution in [2.24, 2.45) is 0 Å². The third kappa shape index (κ3) is 4.16. The number of hydrogen-bond donors (Lipinski definition) is 1. The molecule has 8 nitrogen and oxygen atoms in total. The van der Waals surface area contributed by atoms with Gasteiger partial charge in [0.2, 0.25) is 5.82 Å². The minimum absolute atomic E-state index is 0.00960. The van der Waals surface area contributed by atoms with Gasteiger partial charge in [0.25, 0.3) is 0 Å². The maximum absolute atomic E-state index is 14.6. The number of nitrogens with zero attached hydrogens (tertiary/aromatic N) is 4. The molecule has 0 saturated carbocycles. The van der Waals surface area contributed by atoms with E-state index in [1.165, 1.54) is 20.1 Å². The van der Waals surface area contributed by atoms with E-state index in [2.05, 4.69) is 26.9 Å². The minimum atomic E-state index is -0.955. The lowest BCUT2D eigenvalue weighted by atomic mass is 10.1. The Morgan fingerprint density at radius 1 is 1.18 bits per heavy atom. The lowest BCUT2D eigenvalue weighted by Gasteiger charge is -2.06. The molecule has 2 heterocycles. The average Bonchev–Trinajstić information content (AvgIpc) is 3.20. The highest BCUT2D eigenvalue weighted by Crippen LogP contribution is 2.26. The molecule has 0 aliphatic carbocycles. The van der Waals surface area contributed by atoms with Crippen molar-refractivity contribution in [1.82, 2.24) is 19.6 Å². The number of anilines is 1. The molecule has 0 atom stereocenters. The van der Waals surface area contributed by atoms with Crippen molar-refractivity contribution in [3.05, 3.63) is 82.6 Å². The zero-order chi connectivity index (χ0) is 23.5. The van der Waals surface area contributed by atoms with E-state index < -0.39 is 23.2 Å². The topological polar surface area (TPSA) is 105 Å². The maximum Gasteiger partial charge on any atom is 0.376 e. The second-order valence-electron chi connectivity index (χ2n) is 6.90. The van der Waals surface area contributed by atoms with Crippen LogP contribution >= 0.6 is 0 Å². The Kier molecular flexibility index (Phi) is 5.87. The van der Waals surface area contributed by atoms with Gasteiger partial charge in [-0.25, -0.2) is 28.1 Å². The van der Waals surface area contributed by atoms with Gasteiger partial charge in [0.15, 0.2) is 17.4 Å². The molecule has 166 valence electrons. The lowest BCUT2D eigenvalue weighted by molar-refractivity contribution is 0.0455. The number of ether oxygens (including phenoxy) is 2. The van der Waals surface area contributed by atoms with Crippen molar-refractivity contribution < 1.29 is 23.0 Å². The molecule has 33 heavy (non-hydrogen) atoms. The van der Waals surface area contributed by atoms with Crippen LogP contribution in [0.3, 0.4) is 0 Å². The first kappa shape index (κ1) is 21.7. The molecule has 0 fully saturated rings. The first-order chi connectivity index (χ1) is 15.9. The van der Waals surface area contributed by atoms with Crippen LogP contribution in [0.25, 0.3) is 5.52 Å². The normalized spacial score (nSPS) is 10.5. The summed E-state index contributed by atoms with van der Waals surface area (Å²) in [7, 11) is 1.27. The number of methoxy groups -OCH3 is 1. The fourth-order valence-corrected chi connectivity index (χ4v) is 3.08. The predicted molar refractivity (Wildman–Crippen MR) is 114 cm³/mol. The molecule has 0 aliphatic rings. The van der Waals surface area contributed by atoms with E-state index in [9.17, 15) is 13.6 Å². The standard InChI is InChI=1S/C23H17F2N5O3/c1-13-10-17(32-2)19(25)15(18(13)24)8-9-16-20-21(26)27-12-28-30(20)22(29-16)23(31)33-11-14-6-4-3-5-7-14/h3-7,10,12H,11H2,1-2H3,(H2,26,27,28). The number of imidazole rings is 1. The van der Waals surface area contributed by atoms with Crippen LogP contribution in [0.2, 0.25) is 0 Å². The first-order valence-electron chi connectivity index (χ1n) is 9.65. The summed E-state index contributed by atoms with van der Waals surface area (Å²) in [6.45, 7) is 1.47. The molecular weight excluding hydrogens is 432 g/mol. The van der Waals surface area contributed by atoms with Crippen molar-refractivity contribution in [3.8, 4) is 17.6 Å². The molecule has 4 aromatic rings. The Morgan fingerprint density at radius 3 is 2.67 bits per heavy atom. The lowest BCUT2D eigenvalue weighted by Crippen LogP contribution is -2.12. The maximum atomic E-state index is 14.6. The van der Waals surface area contributed by atoms with Crippen LogP contribution < -0.4 is 10.5 Å². The van der Waals surface area contributed by atoms with E-state index in [0.717, 1.165) is 16.4 Å². The van der Waals surface area contributed by atoms with Crippen LogP contribution in [-0.2, 0) is 11.3 Å². The SMILES string of the molecule is COc1cc(C)c(F)c(C#Cc2nc(C(=O)OCc3ccccc3)n3ncnc(N)c23)c1F. The monoisotopic (exact) mass is 449 g/mol. The zero-order valence-corrected chi connectivity index (χ0v) is 17.6. The van der Waals surface area contributed by atoms with E-state index in [-0.39, 0.29) is 40.8 Å². The van der Waals surface area contributed by atoms with Crippen LogP contribution in [0, 0.1) is 30.4 Å². The summed E-state index contributed by atoms with van der Waals surface area (Å²) in [6.07, 6.45) is 1.14. The fourth-order valence-electron chi connectivity index (χ4n) is 3.08. The number of nitrogens with two attached hydrogens (primary N) is 1. The largest absolute Gasteiger partial charge is 0.494 e. The number of aryl methyl sites for hydroxylation is 1. The highest BCUT2D eigenvalue weighted by molar-refractivity contribution is 5.89. The molecule has 0 radical (unpaired) electrons. The molecule has 0 amide bonds. The number of nitrogen functional groups attached to an aromatic ring is 1. The van der Waals surface area contributed by atoms with Gasteiger partial charge >= 0.3 is 5.97 Å². The molecule has 2 aromatic heterocycles. The van der Waals surface area contributed by atoms with Gasteiger partial charge in [-0.15, -0.1) is 0 Å². The second kappa shape index (κ2) is 8.92. The number of carbonyl (C=O) groups excluding carboxylic acids is 1. The zero-order valence-electron chi connectivity index (χ0n) is 17.6. The fraction of sp³-hybridized carbons (Fsp3) is 0.130. The van der Waals surface area contributed by atoms with E-state index >= 15 is 0 Å². The second-order valence-corrected chi connectivity index (χ2v) is 6.90. The van der Waals surface area contributed by atoms with Gasteiger partial charge in [-0.2, -0.15) is 5.10 Å². The van der Waals surface area contributed by atoms with Gasteiger partial charge < -0.3 is 15.2 Å². The summed E-state index contributed by atoms with van der Waals surface area (Å²) in [4.78, 5) is 20.7. The summed E-state index contributed by atoms with van der Waals surface area (Å²) in [5.74, 6) is 2.04. The summed E-state index contributed by atoms with van der Waals surface area (Å²) in [5.41, 5.74) is 6.43. The number of aromatic nitrogens is 4. The molecule has 2 N–H and O–H groups in total. The molecule has 0 unspecified atom stereocenters. The van der Waals surface area contributed by atoms with E-state index in [1.807, 2.05) is 18.2 Å². The van der Waals surface area contributed by atoms with E-state index in [4.69, 9.17) is 15.2 Å². The smallest absolute Gasteiger partial charge is 0.376 e. The van der Waals surface area contributed by atoms with Crippen molar-refractivity contribution in [2.75, 3.05) is 12.8 Å². The van der Waals surface area contributed by atoms with Crippen molar-refractivity contribution in [1.29, 1.82) is 0 Å².